The molecular formula is C7H13AsOS2. The first kappa shape index (κ1) is 8.68. The molecule has 0 spiro atoms. The van der Waals surface area contributed by atoms with E-state index in [0.717, 1.165) is 11.8 Å². The van der Waals surface area contributed by atoms with Crippen LogP contribution in [0.4, 0.5) is 0 Å². The zero-order chi connectivity index (χ0) is 7.84. The van der Waals surface area contributed by atoms with E-state index >= 15 is 0 Å². The molecule has 11 heavy (non-hydrogen) atoms. The van der Waals surface area contributed by atoms with Crippen LogP contribution in [0.25, 0.3) is 0 Å². The molecule has 0 aromatic rings. The molecule has 64 valence electrons. The van der Waals surface area contributed by atoms with Crippen molar-refractivity contribution in [2.24, 2.45) is 11.8 Å². The van der Waals surface area contributed by atoms with E-state index < -0.39 is 12.2 Å². The summed E-state index contributed by atoms with van der Waals surface area (Å²) in [5, 5.41) is 0. The Morgan fingerprint density at radius 3 is 2.64 bits per heavy atom. The van der Waals surface area contributed by atoms with E-state index in [0.29, 0.717) is 6.10 Å². The molecule has 2 fully saturated rings. The summed E-state index contributed by atoms with van der Waals surface area (Å²) in [5.41, 5.74) is 0. The van der Waals surface area contributed by atoms with Crippen molar-refractivity contribution in [1.29, 1.82) is 0 Å². The van der Waals surface area contributed by atoms with Crippen molar-refractivity contribution in [2.75, 3.05) is 0 Å². The van der Waals surface area contributed by atoms with E-state index in [4.69, 9.17) is 14.1 Å². The first-order valence-corrected chi connectivity index (χ1v) is 11.2. The SMILES string of the molecule is S=[AsH](S)OC1CC2CCC1C2. The number of rotatable bonds is 2. The van der Waals surface area contributed by atoms with Crippen molar-refractivity contribution in [3.63, 3.8) is 0 Å². The molecule has 4 unspecified atom stereocenters. The van der Waals surface area contributed by atoms with Gasteiger partial charge in [0.05, 0.1) is 0 Å². The molecule has 0 amide bonds. The van der Waals surface area contributed by atoms with Gasteiger partial charge < -0.3 is 0 Å². The van der Waals surface area contributed by atoms with Crippen LogP contribution in [0.15, 0.2) is 0 Å². The Labute approximate surface area is 80.7 Å². The third-order valence-corrected chi connectivity index (χ3v) is 5.03. The average molecular weight is 252 g/mol. The van der Waals surface area contributed by atoms with Crippen LogP contribution in [0, 0.1) is 11.8 Å². The summed E-state index contributed by atoms with van der Waals surface area (Å²) >= 11 is -1.71. The molecule has 0 aromatic carbocycles. The zero-order valence-electron chi connectivity index (χ0n) is 6.32. The fourth-order valence-corrected chi connectivity index (χ4v) is 4.95. The van der Waals surface area contributed by atoms with Crippen LogP contribution in [-0.4, -0.2) is 18.3 Å². The fraction of sp³-hybridized carbons (Fsp3) is 1.00. The summed E-state index contributed by atoms with van der Waals surface area (Å²) in [6.45, 7) is 0. The third kappa shape index (κ3) is 1.88. The molecule has 2 bridgehead atoms. The maximum atomic E-state index is 5.69. The van der Waals surface area contributed by atoms with Crippen LogP contribution in [0.1, 0.15) is 25.7 Å². The Hall–Kier alpha value is 1.09. The zero-order valence-corrected chi connectivity index (χ0v) is 10.1. The molecular weight excluding hydrogens is 239 g/mol. The molecule has 2 rings (SSSR count). The van der Waals surface area contributed by atoms with Crippen molar-refractivity contribution in [3.8, 4) is 0 Å². The van der Waals surface area contributed by atoms with Gasteiger partial charge in [0.2, 0.25) is 0 Å². The van der Waals surface area contributed by atoms with Gasteiger partial charge in [0.1, 0.15) is 0 Å². The Morgan fingerprint density at radius 1 is 1.36 bits per heavy atom. The Kier molecular flexibility index (Phi) is 2.72. The van der Waals surface area contributed by atoms with Crippen LogP contribution >= 0.6 is 21.3 Å². The van der Waals surface area contributed by atoms with E-state index in [9.17, 15) is 0 Å². The minimum atomic E-state index is -1.71. The molecule has 2 aliphatic rings. The van der Waals surface area contributed by atoms with Gasteiger partial charge in [-0.1, -0.05) is 0 Å². The summed E-state index contributed by atoms with van der Waals surface area (Å²) < 4.78 is 5.69. The topological polar surface area (TPSA) is 9.23 Å². The summed E-state index contributed by atoms with van der Waals surface area (Å²) in [4.78, 5) is 0. The van der Waals surface area contributed by atoms with Gasteiger partial charge >= 0.3 is 80.8 Å². The van der Waals surface area contributed by atoms with Crippen LogP contribution in [0.3, 0.4) is 0 Å². The van der Waals surface area contributed by atoms with Crippen LogP contribution in [-0.2, 0) is 3.73 Å². The molecule has 0 aromatic heterocycles. The van der Waals surface area contributed by atoms with E-state index in [1.807, 2.05) is 0 Å². The van der Waals surface area contributed by atoms with E-state index in [-0.39, 0.29) is 0 Å². The fourth-order valence-electron chi connectivity index (χ4n) is 2.46. The molecule has 0 heterocycles. The average Bonchev–Trinajstić information content (AvgIpc) is 2.45. The molecule has 4 heteroatoms. The summed E-state index contributed by atoms with van der Waals surface area (Å²) in [5.74, 6) is 1.81. The quantitative estimate of drug-likeness (QED) is 0.595. The monoisotopic (exact) mass is 252 g/mol. The molecule has 0 aliphatic heterocycles. The second-order valence-electron chi connectivity index (χ2n) is 3.60. The second-order valence-corrected chi connectivity index (χ2v) is 10.8. The van der Waals surface area contributed by atoms with Gasteiger partial charge in [0.15, 0.2) is 0 Å². The predicted molar refractivity (Wildman–Crippen MR) is 54.0 cm³/mol. The molecule has 2 aliphatic carbocycles. The van der Waals surface area contributed by atoms with E-state index in [2.05, 4.69) is 10.9 Å². The van der Waals surface area contributed by atoms with Gasteiger partial charge in [-0.15, -0.1) is 0 Å². The summed E-state index contributed by atoms with van der Waals surface area (Å²) in [7, 11) is 9.27. The second kappa shape index (κ2) is 3.45. The minimum absolute atomic E-state index is 0.513. The van der Waals surface area contributed by atoms with E-state index in [1.54, 1.807) is 0 Å². The van der Waals surface area contributed by atoms with Crippen LogP contribution in [0.2, 0.25) is 0 Å². The van der Waals surface area contributed by atoms with Crippen LogP contribution < -0.4 is 0 Å². The van der Waals surface area contributed by atoms with Gasteiger partial charge in [-0.25, -0.2) is 0 Å². The van der Waals surface area contributed by atoms with Crippen LogP contribution in [0.5, 0.6) is 0 Å². The van der Waals surface area contributed by atoms with Crippen molar-refractivity contribution in [2.45, 2.75) is 31.8 Å². The number of thiol groups is 1. The van der Waals surface area contributed by atoms with Gasteiger partial charge in [-0.2, -0.15) is 0 Å². The molecule has 1 nitrogen and oxygen atoms in total. The normalized spacial score (nSPS) is 44.6. The first-order valence-electron chi connectivity index (χ1n) is 4.15. The Balaban J connectivity index is 1.92. The number of hydrogen-bond acceptors (Lipinski definition) is 2. The summed E-state index contributed by atoms with van der Waals surface area (Å²) in [6.07, 6.45) is 6.00. The molecule has 4 atom stereocenters. The van der Waals surface area contributed by atoms with Gasteiger partial charge in [-0.3, -0.25) is 0 Å². The Bertz CT molecular complexity index is 185. The predicted octanol–water partition coefficient (Wildman–Crippen LogP) is 2.04. The molecule has 0 N–H and O–H groups in total. The first-order chi connectivity index (χ1) is 5.25. The number of hydrogen-bond donors (Lipinski definition) is 1. The van der Waals surface area contributed by atoms with Crippen molar-refractivity contribution in [3.05, 3.63) is 0 Å². The molecule has 0 radical (unpaired) electrons. The van der Waals surface area contributed by atoms with Crippen molar-refractivity contribution in [1.82, 2.24) is 0 Å². The van der Waals surface area contributed by atoms with Gasteiger partial charge in [-0.05, 0) is 0 Å². The van der Waals surface area contributed by atoms with Crippen molar-refractivity contribution >= 4 is 33.4 Å². The summed E-state index contributed by atoms with van der Waals surface area (Å²) in [6, 6.07) is 0. The molecule has 0 saturated heterocycles. The third-order valence-electron chi connectivity index (χ3n) is 2.93. The standard InChI is InChI=1S/C7H13AsOS2/c10-8(11)9-7-4-5-1-2-6(7)3-5/h5-8H,1-4H2,(H,10,11). The Morgan fingerprint density at radius 2 is 2.18 bits per heavy atom. The molecule has 2 saturated carbocycles. The van der Waals surface area contributed by atoms with Gasteiger partial charge in [0.25, 0.3) is 0 Å². The van der Waals surface area contributed by atoms with E-state index in [1.165, 1.54) is 25.7 Å². The maximum absolute atomic E-state index is 5.69. The number of fused-ring (bicyclic) bond motifs is 2. The van der Waals surface area contributed by atoms with Crippen molar-refractivity contribution < 1.29 is 3.73 Å². The van der Waals surface area contributed by atoms with Gasteiger partial charge in [0, 0.05) is 0 Å².